The van der Waals surface area contributed by atoms with E-state index in [1.165, 1.54) is 4.90 Å². The molecule has 0 unspecified atom stereocenters. The van der Waals surface area contributed by atoms with E-state index < -0.39 is 6.09 Å². The first-order valence-corrected chi connectivity index (χ1v) is 12.1. The Labute approximate surface area is 208 Å². The molecule has 0 bridgehead atoms. The first kappa shape index (κ1) is 26.7. The lowest BCUT2D eigenvalue weighted by Crippen LogP contribution is -2.48. The molecular weight excluding hydrogens is 446 g/mol. The van der Waals surface area contributed by atoms with Crippen LogP contribution in [0.15, 0.2) is 54.6 Å². The number of piperidine rings is 1. The lowest BCUT2D eigenvalue weighted by molar-refractivity contribution is -0.136. The van der Waals surface area contributed by atoms with E-state index in [9.17, 15) is 14.7 Å². The van der Waals surface area contributed by atoms with Crippen LogP contribution in [0.25, 0.3) is 11.1 Å². The highest BCUT2D eigenvalue weighted by molar-refractivity contribution is 5.93. The number of para-hydroxylation sites is 1. The Balaban J connectivity index is 1.56. The van der Waals surface area contributed by atoms with Crippen molar-refractivity contribution >= 4 is 17.7 Å². The van der Waals surface area contributed by atoms with Gasteiger partial charge in [-0.1, -0.05) is 48.5 Å². The van der Waals surface area contributed by atoms with Gasteiger partial charge in [-0.15, -0.1) is 0 Å². The molecule has 1 aliphatic rings. The fourth-order valence-corrected chi connectivity index (χ4v) is 4.58. The van der Waals surface area contributed by atoms with Crippen LogP contribution in [-0.2, 0) is 14.3 Å². The van der Waals surface area contributed by atoms with Crippen molar-refractivity contribution in [3.63, 3.8) is 0 Å². The van der Waals surface area contributed by atoms with E-state index in [2.05, 4.69) is 4.90 Å². The summed E-state index contributed by atoms with van der Waals surface area (Å²) >= 11 is 0. The molecule has 190 valence electrons. The van der Waals surface area contributed by atoms with Crippen LogP contribution >= 0.6 is 0 Å². The Morgan fingerprint density at radius 2 is 1.66 bits per heavy atom. The minimum Gasteiger partial charge on any atom is -0.465 e. The molecule has 1 N–H and O–H groups in total. The number of methoxy groups -OCH3 is 2. The maximum absolute atomic E-state index is 12.4. The highest BCUT2D eigenvalue weighted by atomic mass is 16.7. The minimum atomic E-state index is -0.928. The first-order chi connectivity index (χ1) is 16.9. The standard InChI is InChI=1S/C27H37N3O5/c1-28(25(31)13-14-26(34-2)35-3)19-20-29-17-15-22(16-18-29)30(27(32)33)24-12-8-7-11-23(24)21-9-5-4-6-10-21/h4-12,22,26H,13-20H2,1-3H3,(H,32,33). The van der Waals surface area contributed by atoms with Crippen molar-refractivity contribution in [3.05, 3.63) is 54.6 Å². The van der Waals surface area contributed by atoms with Crippen molar-refractivity contribution in [2.24, 2.45) is 0 Å². The van der Waals surface area contributed by atoms with Crippen LogP contribution in [-0.4, -0.2) is 86.7 Å². The maximum Gasteiger partial charge on any atom is 0.412 e. The molecule has 0 aromatic heterocycles. The van der Waals surface area contributed by atoms with Crippen molar-refractivity contribution in [1.29, 1.82) is 0 Å². The summed E-state index contributed by atoms with van der Waals surface area (Å²) in [5.41, 5.74) is 2.64. The average Bonchev–Trinajstić information content (AvgIpc) is 2.89. The molecule has 0 radical (unpaired) electrons. The molecule has 2 amide bonds. The smallest absolute Gasteiger partial charge is 0.412 e. The van der Waals surface area contributed by atoms with Crippen LogP contribution in [0, 0.1) is 0 Å². The third-order valence-electron chi connectivity index (χ3n) is 6.67. The number of amides is 2. The van der Waals surface area contributed by atoms with E-state index >= 15 is 0 Å². The van der Waals surface area contributed by atoms with Gasteiger partial charge in [0.15, 0.2) is 6.29 Å². The summed E-state index contributed by atoms with van der Waals surface area (Å²) in [4.78, 5) is 30.3. The molecule has 0 spiro atoms. The number of rotatable bonds is 11. The van der Waals surface area contributed by atoms with Crippen molar-refractivity contribution in [1.82, 2.24) is 9.80 Å². The van der Waals surface area contributed by atoms with Gasteiger partial charge >= 0.3 is 6.09 Å². The Kier molecular flexibility index (Phi) is 10.1. The van der Waals surface area contributed by atoms with Crippen molar-refractivity contribution in [2.75, 3.05) is 52.3 Å². The van der Waals surface area contributed by atoms with Gasteiger partial charge < -0.3 is 24.4 Å². The average molecular weight is 484 g/mol. The number of carbonyl (C=O) groups excluding carboxylic acids is 1. The number of ether oxygens (including phenoxy) is 2. The summed E-state index contributed by atoms with van der Waals surface area (Å²) in [6, 6.07) is 17.5. The largest absolute Gasteiger partial charge is 0.465 e. The molecule has 2 aromatic rings. The molecule has 1 aliphatic heterocycles. The molecule has 0 saturated carbocycles. The molecular formula is C27H37N3O5. The zero-order valence-corrected chi connectivity index (χ0v) is 20.9. The quantitative estimate of drug-likeness (QED) is 0.484. The van der Waals surface area contributed by atoms with Crippen LogP contribution in [0.2, 0.25) is 0 Å². The Bertz CT molecular complexity index is 943. The van der Waals surface area contributed by atoms with E-state index in [1.54, 1.807) is 19.1 Å². The van der Waals surface area contributed by atoms with Crippen molar-refractivity contribution in [3.8, 4) is 11.1 Å². The Morgan fingerprint density at radius 1 is 1.03 bits per heavy atom. The second-order valence-electron chi connectivity index (χ2n) is 8.86. The fraction of sp³-hybridized carbons (Fsp3) is 0.481. The summed E-state index contributed by atoms with van der Waals surface area (Å²) in [5, 5.41) is 10.1. The maximum atomic E-state index is 12.4. The zero-order chi connectivity index (χ0) is 25.2. The Morgan fingerprint density at radius 3 is 2.29 bits per heavy atom. The Hall–Kier alpha value is -2.94. The van der Waals surface area contributed by atoms with E-state index in [0.29, 0.717) is 19.4 Å². The van der Waals surface area contributed by atoms with Gasteiger partial charge in [-0.05, 0) is 24.5 Å². The van der Waals surface area contributed by atoms with Crippen LogP contribution in [0.4, 0.5) is 10.5 Å². The second kappa shape index (κ2) is 13.2. The number of carboxylic acid groups (broad SMARTS) is 1. The van der Waals surface area contributed by atoms with Gasteiger partial charge in [-0.3, -0.25) is 9.69 Å². The number of carbonyl (C=O) groups is 2. The van der Waals surface area contributed by atoms with Gasteiger partial charge in [0.05, 0.1) is 5.69 Å². The van der Waals surface area contributed by atoms with E-state index in [-0.39, 0.29) is 18.2 Å². The molecule has 0 aliphatic carbocycles. The topological polar surface area (TPSA) is 82.6 Å². The summed E-state index contributed by atoms with van der Waals surface area (Å²) in [6.45, 7) is 2.98. The van der Waals surface area contributed by atoms with Gasteiger partial charge in [0.1, 0.15) is 0 Å². The third kappa shape index (κ3) is 7.27. The number of anilines is 1. The van der Waals surface area contributed by atoms with Gasteiger partial charge in [0, 0.05) is 71.9 Å². The summed E-state index contributed by atoms with van der Waals surface area (Å²) in [6.07, 6.45) is 1.10. The number of nitrogens with zero attached hydrogens (tertiary/aromatic N) is 3. The van der Waals surface area contributed by atoms with Crippen molar-refractivity contribution in [2.45, 2.75) is 38.0 Å². The predicted octanol–water partition coefficient (Wildman–Crippen LogP) is 4.16. The lowest BCUT2D eigenvalue weighted by Gasteiger charge is -2.38. The normalized spacial score (nSPS) is 14.7. The van der Waals surface area contributed by atoms with E-state index in [0.717, 1.165) is 49.3 Å². The van der Waals surface area contributed by atoms with Crippen LogP contribution in [0.1, 0.15) is 25.7 Å². The molecule has 8 heteroatoms. The highest BCUT2D eigenvalue weighted by Crippen LogP contribution is 2.34. The molecule has 1 fully saturated rings. The second-order valence-corrected chi connectivity index (χ2v) is 8.86. The van der Waals surface area contributed by atoms with Crippen LogP contribution in [0.3, 0.4) is 0 Å². The molecule has 3 rings (SSSR count). The van der Waals surface area contributed by atoms with E-state index in [1.807, 2.05) is 61.6 Å². The van der Waals surface area contributed by atoms with Gasteiger partial charge in [0.2, 0.25) is 5.91 Å². The third-order valence-corrected chi connectivity index (χ3v) is 6.67. The van der Waals surface area contributed by atoms with Gasteiger partial charge in [-0.2, -0.15) is 0 Å². The lowest BCUT2D eigenvalue weighted by atomic mass is 9.98. The zero-order valence-electron chi connectivity index (χ0n) is 20.9. The fourth-order valence-electron chi connectivity index (χ4n) is 4.58. The molecule has 35 heavy (non-hydrogen) atoms. The summed E-state index contributed by atoms with van der Waals surface area (Å²) < 4.78 is 10.3. The van der Waals surface area contributed by atoms with Gasteiger partial charge in [0.25, 0.3) is 0 Å². The number of benzene rings is 2. The minimum absolute atomic E-state index is 0.0635. The SMILES string of the molecule is COC(CCC(=O)N(C)CCN1CCC(N(C(=O)O)c2ccccc2-c2ccccc2)CC1)OC. The monoisotopic (exact) mass is 483 g/mol. The van der Waals surface area contributed by atoms with E-state index in [4.69, 9.17) is 9.47 Å². The molecule has 1 heterocycles. The molecule has 1 saturated heterocycles. The number of likely N-dealkylation sites (tertiary alicyclic amines) is 1. The highest BCUT2D eigenvalue weighted by Gasteiger charge is 2.30. The molecule has 8 nitrogen and oxygen atoms in total. The number of hydrogen-bond acceptors (Lipinski definition) is 5. The number of likely N-dealkylation sites (N-methyl/N-ethyl adjacent to an activating group) is 1. The first-order valence-electron chi connectivity index (χ1n) is 12.1. The van der Waals surface area contributed by atoms with Crippen LogP contribution < -0.4 is 4.90 Å². The van der Waals surface area contributed by atoms with Crippen molar-refractivity contribution < 1.29 is 24.2 Å². The summed E-state index contributed by atoms with van der Waals surface area (Å²) in [5.74, 6) is 0.0635. The molecule has 2 aromatic carbocycles. The van der Waals surface area contributed by atoms with Crippen LogP contribution in [0.5, 0.6) is 0 Å². The summed E-state index contributed by atoms with van der Waals surface area (Å²) in [7, 11) is 4.95. The molecule has 0 atom stereocenters. The number of hydrogen-bond donors (Lipinski definition) is 1. The predicted molar refractivity (Wildman–Crippen MR) is 137 cm³/mol. The van der Waals surface area contributed by atoms with Gasteiger partial charge in [-0.25, -0.2) is 4.79 Å².